The Hall–Kier alpha value is -0.450. The molecule has 0 saturated carbocycles. The van der Waals surface area contributed by atoms with Crippen LogP contribution in [0.4, 0.5) is 0 Å². The highest BCUT2D eigenvalue weighted by atomic mass is 32.1. The molecule has 0 bridgehead atoms. The number of nitrogens with one attached hydrogen (secondary N) is 1. The fourth-order valence-corrected chi connectivity index (χ4v) is 2.28. The second kappa shape index (κ2) is 7.76. The van der Waals surface area contributed by atoms with Crippen LogP contribution in [-0.4, -0.2) is 11.0 Å². The summed E-state index contributed by atoms with van der Waals surface area (Å²) < 4.78 is 0. The van der Waals surface area contributed by atoms with Crippen LogP contribution >= 0.6 is 11.3 Å². The van der Waals surface area contributed by atoms with E-state index in [1.807, 2.05) is 0 Å². The van der Waals surface area contributed by atoms with Gasteiger partial charge in [0, 0.05) is 24.5 Å². The number of rotatable bonds is 8. The van der Waals surface area contributed by atoms with Crippen molar-refractivity contribution in [2.24, 2.45) is 5.73 Å². The molecule has 3 nitrogen and oxygen atoms in total. The number of hydrogen-bond acceptors (Lipinski definition) is 4. The van der Waals surface area contributed by atoms with Crippen molar-refractivity contribution < 1.29 is 0 Å². The lowest BCUT2D eigenvalue weighted by Crippen LogP contribution is -2.25. The third-order valence-corrected chi connectivity index (χ3v) is 3.57. The van der Waals surface area contributed by atoms with Crippen LogP contribution in [0.15, 0.2) is 5.38 Å². The summed E-state index contributed by atoms with van der Waals surface area (Å²) >= 11 is 1.65. The van der Waals surface area contributed by atoms with Crippen molar-refractivity contribution in [2.75, 3.05) is 0 Å². The van der Waals surface area contributed by atoms with Gasteiger partial charge in [-0.2, -0.15) is 0 Å². The Morgan fingerprint density at radius 1 is 1.50 bits per heavy atom. The van der Waals surface area contributed by atoms with Crippen molar-refractivity contribution in [1.29, 1.82) is 0 Å². The van der Waals surface area contributed by atoms with Crippen molar-refractivity contribution in [3.63, 3.8) is 0 Å². The van der Waals surface area contributed by atoms with Crippen molar-refractivity contribution in [2.45, 2.75) is 58.7 Å². The quantitative estimate of drug-likeness (QED) is 0.688. The molecule has 0 spiro atoms. The summed E-state index contributed by atoms with van der Waals surface area (Å²) in [7, 11) is 0. The maximum atomic E-state index is 5.53. The smallest absolute Gasteiger partial charge is 0.106 e. The van der Waals surface area contributed by atoms with Crippen LogP contribution in [0.2, 0.25) is 0 Å². The summed E-state index contributed by atoms with van der Waals surface area (Å²) in [6.45, 7) is 5.90. The topological polar surface area (TPSA) is 50.9 Å². The van der Waals surface area contributed by atoms with Gasteiger partial charge in [-0.3, -0.25) is 0 Å². The Balaban J connectivity index is 2.18. The molecule has 1 atom stereocenters. The molecule has 1 heterocycles. The number of hydrogen-bond donors (Lipinski definition) is 2. The number of nitrogens with two attached hydrogens (primary N) is 1. The number of unbranched alkanes of at least 4 members (excludes halogenated alkanes) is 2. The predicted octanol–water partition coefficient (Wildman–Crippen LogP) is 2.66. The minimum atomic E-state index is 0.552. The van der Waals surface area contributed by atoms with Crippen molar-refractivity contribution >= 4 is 11.3 Å². The van der Waals surface area contributed by atoms with Gasteiger partial charge in [0.05, 0.1) is 5.69 Å². The van der Waals surface area contributed by atoms with E-state index >= 15 is 0 Å². The molecule has 0 aliphatic heterocycles. The minimum Gasteiger partial charge on any atom is -0.325 e. The van der Waals surface area contributed by atoms with Crippen LogP contribution in [0.5, 0.6) is 0 Å². The largest absolute Gasteiger partial charge is 0.325 e. The van der Waals surface area contributed by atoms with Crippen molar-refractivity contribution in [3.8, 4) is 0 Å². The summed E-state index contributed by atoms with van der Waals surface area (Å²) in [6.07, 6.45) is 5.19. The molecule has 1 unspecified atom stereocenters. The lowest BCUT2D eigenvalue weighted by atomic mass is 10.1. The first kappa shape index (κ1) is 13.6. The molecule has 0 aliphatic carbocycles. The zero-order valence-corrected chi connectivity index (χ0v) is 11.1. The highest BCUT2D eigenvalue weighted by Crippen LogP contribution is 2.09. The molecule has 1 aromatic heterocycles. The van der Waals surface area contributed by atoms with Crippen molar-refractivity contribution in [1.82, 2.24) is 10.3 Å². The molecule has 0 amide bonds. The maximum Gasteiger partial charge on any atom is 0.106 e. The molecule has 3 N–H and O–H groups in total. The zero-order valence-electron chi connectivity index (χ0n) is 10.3. The zero-order chi connectivity index (χ0) is 11.8. The van der Waals surface area contributed by atoms with Gasteiger partial charge in [-0.25, -0.2) is 4.98 Å². The van der Waals surface area contributed by atoms with Crippen LogP contribution in [0.3, 0.4) is 0 Å². The fraction of sp³-hybridized carbons (Fsp3) is 0.750. The Morgan fingerprint density at radius 2 is 2.31 bits per heavy atom. The van der Waals surface area contributed by atoms with Gasteiger partial charge >= 0.3 is 0 Å². The molecule has 1 aromatic rings. The predicted molar refractivity (Wildman–Crippen MR) is 70.4 cm³/mol. The number of aromatic nitrogens is 1. The van der Waals surface area contributed by atoms with Gasteiger partial charge in [0.1, 0.15) is 5.01 Å². The standard InChI is InChI=1S/C12H23N3S/c1-3-4-5-6-10(2)14-8-11-9-16-12(7-13)15-11/h9-10,14H,3-8,13H2,1-2H3. The number of nitrogens with zero attached hydrogens (tertiary/aromatic N) is 1. The van der Waals surface area contributed by atoms with E-state index in [2.05, 4.69) is 29.5 Å². The molecule has 0 radical (unpaired) electrons. The van der Waals surface area contributed by atoms with E-state index in [1.54, 1.807) is 11.3 Å². The Labute approximate surface area is 102 Å². The molecule has 0 fully saturated rings. The van der Waals surface area contributed by atoms with Gasteiger partial charge in [0.2, 0.25) is 0 Å². The fourth-order valence-electron chi connectivity index (χ4n) is 1.61. The molecule has 16 heavy (non-hydrogen) atoms. The Kier molecular flexibility index (Phi) is 6.61. The summed E-state index contributed by atoms with van der Waals surface area (Å²) in [5, 5.41) is 6.61. The van der Waals surface area contributed by atoms with E-state index in [1.165, 1.54) is 25.7 Å². The molecule has 92 valence electrons. The van der Waals surface area contributed by atoms with E-state index in [9.17, 15) is 0 Å². The second-order valence-corrected chi connectivity index (χ2v) is 5.16. The maximum absolute atomic E-state index is 5.53. The lowest BCUT2D eigenvalue weighted by Gasteiger charge is -2.12. The average molecular weight is 241 g/mol. The minimum absolute atomic E-state index is 0.552. The molecule has 0 aliphatic rings. The van der Waals surface area contributed by atoms with Gasteiger partial charge in [-0.1, -0.05) is 26.2 Å². The number of thiazole rings is 1. The molecule has 0 aromatic carbocycles. The highest BCUT2D eigenvalue weighted by molar-refractivity contribution is 7.09. The van der Waals surface area contributed by atoms with E-state index in [-0.39, 0.29) is 0 Å². The Morgan fingerprint density at radius 3 is 2.94 bits per heavy atom. The van der Waals surface area contributed by atoms with Crippen LogP contribution in [0.25, 0.3) is 0 Å². The lowest BCUT2D eigenvalue weighted by molar-refractivity contribution is 0.484. The Bertz CT molecular complexity index is 286. The average Bonchev–Trinajstić information content (AvgIpc) is 2.74. The summed E-state index contributed by atoms with van der Waals surface area (Å²) in [5.41, 5.74) is 6.65. The van der Waals surface area contributed by atoms with E-state index < -0.39 is 0 Å². The van der Waals surface area contributed by atoms with Crippen molar-refractivity contribution in [3.05, 3.63) is 16.1 Å². The molecular formula is C12H23N3S. The normalized spacial score (nSPS) is 12.9. The third-order valence-electron chi connectivity index (χ3n) is 2.65. The van der Waals surface area contributed by atoms with Gasteiger partial charge in [0.25, 0.3) is 0 Å². The molecule has 4 heteroatoms. The third kappa shape index (κ3) is 5.05. The van der Waals surface area contributed by atoms with E-state index in [4.69, 9.17) is 5.73 Å². The van der Waals surface area contributed by atoms with Crippen LogP contribution in [-0.2, 0) is 13.1 Å². The summed E-state index contributed by atoms with van der Waals surface area (Å²) in [6, 6.07) is 0.578. The summed E-state index contributed by atoms with van der Waals surface area (Å²) in [5.74, 6) is 0. The molecular weight excluding hydrogens is 218 g/mol. The van der Waals surface area contributed by atoms with E-state index in [0.29, 0.717) is 12.6 Å². The molecule has 1 rings (SSSR count). The summed E-state index contributed by atoms with van der Waals surface area (Å²) in [4.78, 5) is 4.43. The first-order valence-corrected chi connectivity index (χ1v) is 7.01. The van der Waals surface area contributed by atoms with Crippen LogP contribution < -0.4 is 11.1 Å². The van der Waals surface area contributed by atoms with E-state index in [0.717, 1.165) is 17.2 Å². The SMILES string of the molecule is CCCCCC(C)NCc1csc(CN)n1. The van der Waals surface area contributed by atoms with Gasteiger partial charge in [0.15, 0.2) is 0 Å². The first-order chi connectivity index (χ1) is 7.76. The van der Waals surface area contributed by atoms with Crippen LogP contribution in [0.1, 0.15) is 50.2 Å². The van der Waals surface area contributed by atoms with Crippen LogP contribution in [0, 0.1) is 0 Å². The molecule has 0 saturated heterocycles. The highest BCUT2D eigenvalue weighted by Gasteiger charge is 2.03. The van der Waals surface area contributed by atoms with Gasteiger partial charge in [-0.15, -0.1) is 11.3 Å². The monoisotopic (exact) mass is 241 g/mol. The first-order valence-electron chi connectivity index (χ1n) is 6.13. The van der Waals surface area contributed by atoms with Gasteiger partial charge < -0.3 is 11.1 Å². The second-order valence-electron chi connectivity index (χ2n) is 4.21. The van der Waals surface area contributed by atoms with Gasteiger partial charge in [-0.05, 0) is 13.3 Å².